The highest BCUT2D eigenvalue weighted by Crippen LogP contribution is 2.28. The van der Waals surface area contributed by atoms with Crippen LogP contribution >= 0.6 is 22.9 Å². The van der Waals surface area contributed by atoms with E-state index in [0.29, 0.717) is 17.3 Å². The van der Waals surface area contributed by atoms with Gasteiger partial charge in [0.05, 0.1) is 17.3 Å². The van der Waals surface area contributed by atoms with Crippen molar-refractivity contribution in [2.24, 2.45) is 0 Å². The summed E-state index contributed by atoms with van der Waals surface area (Å²) >= 11 is 7.70. The number of rotatable bonds is 4. The van der Waals surface area contributed by atoms with E-state index in [4.69, 9.17) is 22.1 Å². The molecule has 2 aromatic rings. The molecule has 1 heterocycles. The number of ether oxygens (including phenoxy) is 1. The zero-order chi connectivity index (χ0) is 12.3. The number of hydrogen-bond acceptors (Lipinski definition) is 3. The summed E-state index contributed by atoms with van der Waals surface area (Å²) in [4.78, 5) is 1.32. The third-order valence-electron chi connectivity index (χ3n) is 2.48. The second kappa shape index (κ2) is 5.43. The summed E-state index contributed by atoms with van der Waals surface area (Å²) in [6.07, 6.45) is 0.916. The lowest BCUT2D eigenvalue weighted by Gasteiger charge is -2.10. The summed E-state index contributed by atoms with van der Waals surface area (Å²) in [6, 6.07) is 7.77. The van der Waals surface area contributed by atoms with Crippen LogP contribution in [0.25, 0.3) is 0 Å². The van der Waals surface area contributed by atoms with Gasteiger partial charge in [-0.05, 0) is 30.0 Å². The first-order chi connectivity index (χ1) is 8.16. The van der Waals surface area contributed by atoms with Gasteiger partial charge in [-0.1, -0.05) is 17.7 Å². The van der Waals surface area contributed by atoms with Crippen LogP contribution in [-0.4, -0.2) is 6.61 Å². The molecule has 0 saturated heterocycles. The Morgan fingerprint density at radius 3 is 2.94 bits per heavy atom. The molecule has 90 valence electrons. The molecule has 2 nitrogen and oxygen atoms in total. The minimum atomic E-state index is 0.543. The van der Waals surface area contributed by atoms with Crippen LogP contribution in [0.15, 0.2) is 29.6 Å². The summed E-state index contributed by atoms with van der Waals surface area (Å²) in [5.41, 5.74) is 7.31. The molecule has 0 atom stereocenters. The van der Waals surface area contributed by atoms with E-state index in [1.807, 2.05) is 19.1 Å². The second-order valence-electron chi connectivity index (χ2n) is 3.82. The van der Waals surface area contributed by atoms with Gasteiger partial charge in [-0.15, -0.1) is 11.3 Å². The molecule has 1 aromatic carbocycles. The Labute approximate surface area is 110 Å². The van der Waals surface area contributed by atoms with Crippen molar-refractivity contribution in [3.05, 3.63) is 45.1 Å². The molecule has 0 saturated carbocycles. The first-order valence-corrected chi connectivity index (χ1v) is 6.63. The topological polar surface area (TPSA) is 35.2 Å². The van der Waals surface area contributed by atoms with Crippen molar-refractivity contribution >= 4 is 28.6 Å². The lowest BCUT2D eigenvalue weighted by atomic mass is 10.2. The SMILES string of the molecule is Cc1cc(N)c(Cl)cc1OCCc1cccs1. The van der Waals surface area contributed by atoms with E-state index in [9.17, 15) is 0 Å². The lowest BCUT2D eigenvalue weighted by Crippen LogP contribution is -2.02. The van der Waals surface area contributed by atoms with Gasteiger partial charge in [0.25, 0.3) is 0 Å². The maximum absolute atomic E-state index is 5.96. The predicted molar refractivity (Wildman–Crippen MR) is 74.1 cm³/mol. The minimum Gasteiger partial charge on any atom is -0.493 e. The number of halogens is 1. The fourth-order valence-corrected chi connectivity index (χ4v) is 2.40. The van der Waals surface area contributed by atoms with Crippen molar-refractivity contribution in [2.75, 3.05) is 12.3 Å². The number of benzene rings is 1. The van der Waals surface area contributed by atoms with Crippen molar-refractivity contribution in [1.29, 1.82) is 0 Å². The summed E-state index contributed by atoms with van der Waals surface area (Å²) in [5.74, 6) is 0.806. The zero-order valence-electron chi connectivity index (χ0n) is 9.57. The van der Waals surface area contributed by atoms with Gasteiger partial charge >= 0.3 is 0 Å². The highest BCUT2D eigenvalue weighted by Gasteiger charge is 2.04. The molecule has 0 radical (unpaired) electrons. The quantitative estimate of drug-likeness (QED) is 0.853. The zero-order valence-corrected chi connectivity index (χ0v) is 11.1. The molecule has 0 bridgehead atoms. The van der Waals surface area contributed by atoms with E-state index in [1.54, 1.807) is 17.4 Å². The maximum Gasteiger partial charge on any atom is 0.123 e. The van der Waals surface area contributed by atoms with E-state index < -0.39 is 0 Å². The molecule has 2 rings (SSSR count). The highest BCUT2D eigenvalue weighted by molar-refractivity contribution is 7.09. The third-order valence-corrected chi connectivity index (χ3v) is 3.74. The molecular formula is C13H14ClNOS. The van der Waals surface area contributed by atoms with Gasteiger partial charge in [0.1, 0.15) is 5.75 Å². The summed E-state index contributed by atoms with van der Waals surface area (Å²) in [5, 5.41) is 2.61. The fourth-order valence-electron chi connectivity index (χ4n) is 1.56. The van der Waals surface area contributed by atoms with E-state index in [0.717, 1.165) is 17.7 Å². The monoisotopic (exact) mass is 267 g/mol. The van der Waals surface area contributed by atoms with Crippen LogP contribution in [0.5, 0.6) is 5.75 Å². The normalized spacial score (nSPS) is 10.5. The fraction of sp³-hybridized carbons (Fsp3) is 0.231. The van der Waals surface area contributed by atoms with E-state index in [-0.39, 0.29) is 0 Å². The van der Waals surface area contributed by atoms with Gasteiger partial charge in [0.2, 0.25) is 0 Å². The Bertz CT molecular complexity index is 496. The highest BCUT2D eigenvalue weighted by atomic mass is 35.5. The van der Waals surface area contributed by atoms with Crippen molar-refractivity contribution in [3.63, 3.8) is 0 Å². The first-order valence-electron chi connectivity index (χ1n) is 5.37. The van der Waals surface area contributed by atoms with Crippen LogP contribution in [0.4, 0.5) is 5.69 Å². The summed E-state index contributed by atoms with van der Waals surface area (Å²) < 4.78 is 5.71. The molecule has 1 aromatic heterocycles. The Balaban J connectivity index is 1.97. The molecule has 4 heteroatoms. The smallest absolute Gasteiger partial charge is 0.123 e. The Morgan fingerprint density at radius 1 is 1.41 bits per heavy atom. The number of anilines is 1. The van der Waals surface area contributed by atoms with Crippen molar-refractivity contribution in [3.8, 4) is 5.75 Å². The van der Waals surface area contributed by atoms with Crippen molar-refractivity contribution in [1.82, 2.24) is 0 Å². The minimum absolute atomic E-state index is 0.543. The van der Waals surface area contributed by atoms with Crippen LogP contribution in [0.3, 0.4) is 0 Å². The molecule has 0 fully saturated rings. The molecular weight excluding hydrogens is 254 g/mol. The molecule has 0 spiro atoms. The van der Waals surface area contributed by atoms with Gasteiger partial charge in [-0.2, -0.15) is 0 Å². The van der Waals surface area contributed by atoms with Crippen LogP contribution in [0.1, 0.15) is 10.4 Å². The molecule has 0 aliphatic heterocycles. The van der Waals surface area contributed by atoms with E-state index in [1.165, 1.54) is 4.88 Å². The van der Waals surface area contributed by atoms with Gasteiger partial charge in [0.15, 0.2) is 0 Å². The van der Waals surface area contributed by atoms with Crippen molar-refractivity contribution in [2.45, 2.75) is 13.3 Å². The van der Waals surface area contributed by atoms with Crippen molar-refractivity contribution < 1.29 is 4.74 Å². The summed E-state index contributed by atoms with van der Waals surface area (Å²) in [6.45, 7) is 2.62. The van der Waals surface area contributed by atoms with Gasteiger partial charge < -0.3 is 10.5 Å². The number of thiophene rings is 1. The Kier molecular flexibility index (Phi) is 3.92. The average Bonchev–Trinajstić information content (AvgIpc) is 2.78. The van der Waals surface area contributed by atoms with E-state index >= 15 is 0 Å². The van der Waals surface area contributed by atoms with Gasteiger partial charge in [-0.3, -0.25) is 0 Å². The van der Waals surface area contributed by atoms with Gasteiger partial charge in [-0.25, -0.2) is 0 Å². The first kappa shape index (κ1) is 12.3. The van der Waals surface area contributed by atoms with Gasteiger partial charge in [0, 0.05) is 17.4 Å². The van der Waals surface area contributed by atoms with Crippen LogP contribution in [0.2, 0.25) is 5.02 Å². The number of aryl methyl sites for hydroxylation is 1. The molecule has 0 aliphatic carbocycles. The van der Waals surface area contributed by atoms with Crippen LogP contribution < -0.4 is 10.5 Å². The maximum atomic E-state index is 5.96. The average molecular weight is 268 g/mol. The molecule has 0 unspecified atom stereocenters. The largest absolute Gasteiger partial charge is 0.493 e. The standard InChI is InChI=1S/C13H14ClNOS/c1-9-7-12(15)11(14)8-13(9)16-5-4-10-3-2-6-17-10/h2-3,6-8H,4-5,15H2,1H3. The Morgan fingerprint density at radius 2 is 2.24 bits per heavy atom. The van der Waals surface area contributed by atoms with Crippen LogP contribution in [0, 0.1) is 6.92 Å². The summed E-state index contributed by atoms with van der Waals surface area (Å²) in [7, 11) is 0. The second-order valence-corrected chi connectivity index (χ2v) is 5.26. The molecule has 0 aliphatic rings. The van der Waals surface area contributed by atoms with Crippen LogP contribution in [-0.2, 0) is 6.42 Å². The Hall–Kier alpha value is -1.19. The molecule has 2 N–H and O–H groups in total. The number of nitrogen functional groups attached to an aromatic ring is 1. The third kappa shape index (κ3) is 3.14. The number of hydrogen-bond donors (Lipinski definition) is 1. The number of nitrogens with two attached hydrogens (primary N) is 1. The molecule has 0 amide bonds. The lowest BCUT2D eigenvalue weighted by molar-refractivity contribution is 0.321. The van der Waals surface area contributed by atoms with E-state index in [2.05, 4.69) is 11.4 Å². The molecule has 17 heavy (non-hydrogen) atoms. The predicted octanol–water partition coefficient (Wildman–Crippen LogP) is 3.91.